The summed E-state index contributed by atoms with van der Waals surface area (Å²) in [5.41, 5.74) is 2.58. The molecule has 13 nitrogen and oxygen atoms in total. The van der Waals surface area contributed by atoms with Crippen molar-refractivity contribution in [2.45, 2.75) is 48.8 Å². The first-order valence-electron chi connectivity index (χ1n) is 16.3. The molecule has 1 saturated carbocycles. The van der Waals surface area contributed by atoms with Crippen molar-refractivity contribution in [3.05, 3.63) is 89.0 Å². The number of aryl methyl sites for hydroxylation is 3. The van der Waals surface area contributed by atoms with Gasteiger partial charge < -0.3 is 14.8 Å². The van der Waals surface area contributed by atoms with Crippen molar-refractivity contribution >= 4 is 38.2 Å². The standard InChI is InChI=1S/C35H34FN7O6S/c1-40-19-24(32(36)39-40)30-28-21-13-11-20(12-14-21)8-7-15-49-27-17-22(16-25(27)38-34(44)48-3)42-31-26(41(2)35(42)45)18-37-33(29(28)31)43(30)50(46,47)23-9-5-4-6-10-23/h4-6,9-14,18-19,22,25,27H,7-8,15-17H2,1-3H3,(H,38,44)/t22-,25-,27+/m0/s1. The number of hydrogen-bond acceptors (Lipinski definition) is 8. The minimum absolute atomic E-state index is 0.0219. The number of methoxy groups -OCH3 is 1. The van der Waals surface area contributed by atoms with E-state index in [0.29, 0.717) is 59.8 Å². The van der Waals surface area contributed by atoms with Crippen LogP contribution in [0, 0.1) is 5.95 Å². The Morgan fingerprint density at radius 1 is 1.08 bits per heavy atom. The summed E-state index contributed by atoms with van der Waals surface area (Å²) in [6.07, 6.45) is 4.03. The second-order valence-corrected chi connectivity index (χ2v) is 14.6. The highest BCUT2D eigenvalue weighted by atomic mass is 32.2. The lowest BCUT2D eigenvalue weighted by Gasteiger charge is -2.20. The zero-order valence-electron chi connectivity index (χ0n) is 27.5. The number of hydrogen-bond donors (Lipinski definition) is 1. The van der Waals surface area contributed by atoms with Crippen molar-refractivity contribution in [2.75, 3.05) is 13.7 Å². The molecule has 6 heterocycles. The van der Waals surface area contributed by atoms with Crippen LogP contribution in [0.1, 0.15) is 30.9 Å². The lowest BCUT2D eigenvalue weighted by atomic mass is 9.97. The van der Waals surface area contributed by atoms with Crippen molar-refractivity contribution in [3.8, 4) is 22.4 Å². The molecule has 9 rings (SSSR count). The SMILES string of the molecule is COC(=O)N[C@H]1C[C@H]2C[C@H]1OCCCc1ccc(cc1)-c1c(-c3cn(C)nc3F)n(S(=O)(=O)c3ccccc3)c3ncc4c(c13)n2c(=O)n4C. The van der Waals surface area contributed by atoms with Crippen LogP contribution in [0.25, 0.3) is 44.5 Å². The number of imidazole rings is 1. The topological polar surface area (TPSA) is 144 Å². The zero-order chi connectivity index (χ0) is 34.9. The Balaban J connectivity index is 1.54. The molecule has 1 amide bonds. The molecular weight excluding hydrogens is 665 g/mol. The van der Waals surface area contributed by atoms with Crippen LogP contribution in [0.2, 0.25) is 0 Å². The van der Waals surface area contributed by atoms with E-state index in [1.807, 2.05) is 24.3 Å². The molecule has 4 bridgehead atoms. The van der Waals surface area contributed by atoms with Crippen LogP contribution in [-0.4, -0.2) is 68.2 Å². The zero-order valence-corrected chi connectivity index (χ0v) is 28.4. The number of nitrogens with zero attached hydrogens (tertiary/aromatic N) is 6. The first-order chi connectivity index (χ1) is 24.1. The molecule has 258 valence electrons. The van der Waals surface area contributed by atoms with E-state index in [4.69, 9.17) is 14.5 Å². The van der Waals surface area contributed by atoms with Gasteiger partial charge in [-0.15, -0.1) is 5.10 Å². The summed E-state index contributed by atoms with van der Waals surface area (Å²) in [7, 11) is 0.0728. The maximum atomic E-state index is 15.9. The quantitative estimate of drug-likeness (QED) is 0.283. The number of aromatic nitrogens is 6. The predicted octanol–water partition coefficient (Wildman–Crippen LogP) is 4.52. The maximum Gasteiger partial charge on any atom is 0.407 e. The second-order valence-electron chi connectivity index (χ2n) is 12.8. The summed E-state index contributed by atoms with van der Waals surface area (Å²) in [6, 6.07) is 14.6. The van der Waals surface area contributed by atoms with Crippen LogP contribution < -0.4 is 11.0 Å². The Kier molecular flexibility index (Phi) is 7.64. The van der Waals surface area contributed by atoms with Gasteiger partial charge in [-0.25, -0.2) is 27.0 Å². The van der Waals surface area contributed by atoms with Gasteiger partial charge in [0.05, 0.1) is 58.0 Å². The lowest BCUT2D eigenvalue weighted by molar-refractivity contribution is 0.0364. The van der Waals surface area contributed by atoms with E-state index < -0.39 is 40.3 Å². The minimum atomic E-state index is -4.41. The summed E-state index contributed by atoms with van der Waals surface area (Å²) in [6.45, 7) is 0.435. The number of rotatable bonds is 4. The Morgan fingerprint density at radius 2 is 1.84 bits per heavy atom. The van der Waals surface area contributed by atoms with Gasteiger partial charge in [0.1, 0.15) is 0 Å². The van der Waals surface area contributed by atoms with Crippen LogP contribution >= 0.6 is 0 Å². The number of alkyl carbamates (subject to hydrolysis) is 1. The average Bonchev–Trinajstić information content (AvgIpc) is 3.83. The molecule has 2 aromatic carbocycles. The molecule has 1 N–H and O–H groups in total. The van der Waals surface area contributed by atoms with Crippen molar-refractivity contribution in [1.82, 2.24) is 33.2 Å². The van der Waals surface area contributed by atoms with Gasteiger partial charge in [0.25, 0.3) is 10.0 Å². The maximum absolute atomic E-state index is 15.9. The molecule has 0 saturated heterocycles. The molecule has 6 aromatic rings. The molecule has 3 aliphatic rings. The lowest BCUT2D eigenvalue weighted by Crippen LogP contribution is -2.41. The summed E-state index contributed by atoms with van der Waals surface area (Å²) < 4.78 is 62.1. The van der Waals surface area contributed by atoms with E-state index in [1.54, 1.807) is 36.9 Å². The van der Waals surface area contributed by atoms with Gasteiger partial charge in [-0.3, -0.25) is 13.8 Å². The van der Waals surface area contributed by atoms with Gasteiger partial charge in [-0.05, 0) is 48.9 Å². The van der Waals surface area contributed by atoms with E-state index in [0.717, 1.165) is 9.54 Å². The van der Waals surface area contributed by atoms with Gasteiger partial charge in [0, 0.05) is 38.5 Å². The molecule has 3 atom stereocenters. The summed E-state index contributed by atoms with van der Waals surface area (Å²) in [5, 5.41) is 7.20. The summed E-state index contributed by atoms with van der Waals surface area (Å²) in [5.74, 6) is -0.863. The van der Waals surface area contributed by atoms with Crippen molar-refractivity contribution < 1.29 is 27.1 Å². The fourth-order valence-corrected chi connectivity index (χ4v) is 9.05. The van der Waals surface area contributed by atoms with Gasteiger partial charge in [0.15, 0.2) is 5.65 Å². The highest BCUT2D eigenvalue weighted by Crippen LogP contribution is 2.46. The Bertz CT molecular complexity index is 2470. The van der Waals surface area contributed by atoms with E-state index in [1.165, 1.54) is 40.9 Å². The molecule has 50 heavy (non-hydrogen) atoms. The normalized spacial score (nSPS) is 19.2. The smallest absolute Gasteiger partial charge is 0.407 e. The predicted molar refractivity (Wildman–Crippen MR) is 183 cm³/mol. The highest BCUT2D eigenvalue weighted by molar-refractivity contribution is 7.90. The highest BCUT2D eigenvalue weighted by Gasteiger charge is 2.40. The molecule has 0 radical (unpaired) electrons. The molecule has 0 unspecified atom stereocenters. The summed E-state index contributed by atoms with van der Waals surface area (Å²) in [4.78, 5) is 31.4. The molecule has 15 heteroatoms. The second kappa shape index (κ2) is 11.9. The van der Waals surface area contributed by atoms with Crippen molar-refractivity contribution in [1.29, 1.82) is 0 Å². The van der Waals surface area contributed by atoms with Crippen LogP contribution in [0.15, 0.2) is 76.7 Å². The third kappa shape index (κ3) is 4.94. The number of fused-ring (bicyclic) bond motifs is 5. The van der Waals surface area contributed by atoms with Crippen molar-refractivity contribution in [3.63, 3.8) is 0 Å². The minimum Gasteiger partial charge on any atom is -0.453 e. The number of benzene rings is 2. The van der Waals surface area contributed by atoms with Gasteiger partial charge in [-0.1, -0.05) is 42.5 Å². The third-order valence-corrected chi connectivity index (χ3v) is 11.5. The third-order valence-electron chi connectivity index (χ3n) is 9.83. The number of halogens is 1. The number of amides is 1. The Morgan fingerprint density at radius 3 is 2.54 bits per heavy atom. The van der Waals surface area contributed by atoms with Crippen molar-refractivity contribution in [2.24, 2.45) is 14.1 Å². The van der Waals surface area contributed by atoms with E-state index >= 15 is 4.39 Å². The molecular formula is C35H34FN7O6S. The molecule has 1 aliphatic carbocycles. The van der Waals surface area contributed by atoms with Crippen LogP contribution in [-0.2, 0) is 40.0 Å². The number of ether oxygens (including phenoxy) is 2. The van der Waals surface area contributed by atoms with Gasteiger partial charge in [-0.2, -0.15) is 4.39 Å². The van der Waals surface area contributed by atoms with Crippen LogP contribution in [0.5, 0.6) is 0 Å². The summed E-state index contributed by atoms with van der Waals surface area (Å²) >= 11 is 0. The largest absolute Gasteiger partial charge is 0.453 e. The average molecular weight is 700 g/mol. The van der Waals surface area contributed by atoms with Crippen LogP contribution in [0.3, 0.4) is 0 Å². The van der Waals surface area contributed by atoms with E-state index in [-0.39, 0.29) is 27.5 Å². The molecule has 1 fully saturated rings. The van der Waals surface area contributed by atoms with E-state index in [2.05, 4.69) is 10.4 Å². The van der Waals surface area contributed by atoms with Crippen LogP contribution in [0.4, 0.5) is 9.18 Å². The molecule has 0 spiro atoms. The first-order valence-corrected chi connectivity index (χ1v) is 17.7. The van der Waals surface area contributed by atoms with Gasteiger partial charge >= 0.3 is 11.8 Å². The number of carbonyl (C=O) groups is 1. The van der Waals surface area contributed by atoms with E-state index in [9.17, 15) is 18.0 Å². The number of nitrogens with one attached hydrogen (secondary N) is 1. The molecule has 2 aliphatic heterocycles. The number of carbonyl (C=O) groups excluding carboxylic acids is 1. The molecule has 4 aromatic heterocycles. The Labute approximate surface area is 285 Å². The fraction of sp³-hybridized carbons (Fsp3) is 0.314. The monoisotopic (exact) mass is 699 g/mol. The fourth-order valence-electron chi connectivity index (χ4n) is 7.54. The first kappa shape index (κ1) is 32.0. The Hall–Kier alpha value is -5.28. The number of pyridine rings is 1. The van der Waals surface area contributed by atoms with Gasteiger partial charge in [0.2, 0.25) is 5.95 Å².